The van der Waals surface area contributed by atoms with Crippen molar-refractivity contribution in [2.45, 2.75) is 70.7 Å². The monoisotopic (exact) mass is 252 g/mol. The molecule has 0 aromatic heterocycles. The minimum Gasteiger partial charge on any atom is -0.354 e. The summed E-state index contributed by atoms with van der Waals surface area (Å²) in [5.41, 5.74) is 0.107. The van der Waals surface area contributed by atoms with E-state index >= 15 is 0 Å². The molecule has 1 spiro atoms. The Kier molecular flexibility index (Phi) is 2.82. The average molecular weight is 252 g/mol. The average Bonchev–Trinajstić information content (AvgIpc) is 3.09. The van der Waals surface area contributed by atoms with Crippen LogP contribution in [0.4, 0.5) is 0 Å². The van der Waals surface area contributed by atoms with Gasteiger partial charge < -0.3 is 9.64 Å². The molecule has 1 aliphatic carbocycles. The molecule has 104 valence electrons. The lowest BCUT2D eigenvalue weighted by atomic mass is 9.74. The third-order valence-corrected chi connectivity index (χ3v) is 5.60. The smallest absolute Gasteiger partial charge is 0.122 e. The molecular formula is C15H28N2O. The Morgan fingerprint density at radius 3 is 2.17 bits per heavy atom. The summed E-state index contributed by atoms with van der Waals surface area (Å²) in [6, 6.07) is 0.899. The van der Waals surface area contributed by atoms with Gasteiger partial charge in [0, 0.05) is 43.9 Å². The van der Waals surface area contributed by atoms with Crippen molar-refractivity contribution in [1.82, 2.24) is 10.2 Å². The van der Waals surface area contributed by atoms with Crippen molar-refractivity contribution in [3.63, 3.8) is 0 Å². The lowest BCUT2D eigenvalue weighted by molar-refractivity contribution is -0.249. The Balaban J connectivity index is 1.66. The largest absolute Gasteiger partial charge is 0.354 e. The third kappa shape index (κ3) is 2.10. The fraction of sp³-hybridized carbons (Fsp3) is 1.00. The van der Waals surface area contributed by atoms with Crippen molar-refractivity contribution in [2.75, 3.05) is 19.6 Å². The molecule has 1 saturated carbocycles. The zero-order chi connectivity index (χ0) is 13.0. The molecule has 3 rings (SSSR count). The molecule has 1 N–H and O–H groups in total. The Hall–Kier alpha value is -0.120. The first-order chi connectivity index (χ1) is 8.34. The van der Waals surface area contributed by atoms with E-state index in [1.165, 1.54) is 25.9 Å². The fourth-order valence-electron chi connectivity index (χ4n) is 3.23. The van der Waals surface area contributed by atoms with Gasteiger partial charge >= 0.3 is 0 Å². The maximum atomic E-state index is 6.53. The van der Waals surface area contributed by atoms with Crippen LogP contribution >= 0.6 is 0 Å². The minimum absolute atomic E-state index is 0.0417. The predicted octanol–water partition coefficient (Wildman–Crippen LogP) is 2.37. The molecule has 0 aromatic carbocycles. The van der Waals surface area contributed by atoms with E-state index in [0.29, 0.717) is 0 Å². The van der Waals surface area contributed by atoms with Gasteiger partial charge in [0.05, 0.1) is 5.60 Å². The SMILES string of the molecule is CC1(C)CNC2(CCN(C3CC3)CC2)OC1(C)C. The Morgan fingerprint density at radius 1 is 1.06 bits per heavy atom. The van der Waals surface area contributed by atoms with E-state index in [0.717, 1.165) is 25.4 Å². The van der Waals surface area contributed by atoms with Crippen LogP contribution in [0.3, 0.4) is 0 Å². The van der Waals surface area contributed by atoms with Crippen LogP contribution in [0, 0.1) is 5.41 Å². The molecule has 18 heavy (non-hydrogen) atoms. The van der Waals surface area contributed by atoms with Crippen LogP contribution in [-0.2, 0) is 4.74 Å². The van der Waals surface area contributed by atoms with Gasteiger partial charge in [-0.3, -0.25) is 5.32 Å². The molecule has 3 fully saturated rings. The number of nitrogens with zero attached hydrogens (tertiary/aromatic N) is 1. The summed E-state index contributed by atoms with van der Waals surface area (Å²) < 4.78 is 6.53. The van der Waals surface area contributed by atoms with Crippen LogP contribution in [0.25, 0.3) is 0 Å². The van der Waals surface area contributed by atoms with Crippen LogP contribution < -0.4 is 5.32 Å². The molecule has 2 saturated heterocycles. The molecule has 0 unspecified atom stereocenters. The van der Waals surface area contributed by atoms with E-state index in [4.69, 9.17) is 4.74 Å². The van der Waals surface area contributed by atoms with Crippen molar-refractivity contribution in [1.29, 1.82) is 0 Å². The van der Waals surface area contributed by atoms with Crippen LogP contribution in [0.15, 0.2) is 0 Å². The summed E-state index contributed by atoms with van der Waals surface area (Å²) in [7, 11) is 0. The summed E-state index contributed by atoms with van der Waals surface area (Å²) in [5, 5.41) is 3.71. The lowest BCUT2D eigenvalue weighted by Gasteiger charge is -2.56. The van der Waals surface area contributed by atoms with Gasteiger partial charge in [-0.2, -0.15) is 0 Å². The van der Waals surface area contributed by atoms with Crippen molar-refractivity contribution < 1.29 is 4.74 Å². The van der Waals surface area contributed by atoms with Crippen molar-refractivity contribution in [3.05, 3.63) is 0 Å². The van der Waals surface area contributed by atoms with E-state index in [9.17, 15) is 0 Å². The second-order valence-electron chi connectivity index (χ2n) is 7.61. The standard InChI is InChI=1S/C15H28N2O/c1-13(2)11-16-15(18-14(13,3)4)7-9-17(10-8-15)12-5-6-12/h12,16H,5-11H2,1-4H3. The molecule has 0 amide bonds. The van der Waals surface area contributed by atoms with Gasteiger partial charge in [-0.1, -0.05) is 13.8 Å². The summed E-state index contributed by atoms with van der Waals surface area (Å²) >= 11 is 0. The summed E-state index contributed by atoms with van der Waals surface area (Å²) in [6.45, 7) is 12.6. The van der Waals surface area contributed by atoms with E-state index in [2.05, 4.69) is 37.9 Å². The Bertz CT molecular complexity index is 325. The molecular weight excluding hydrogens is 224 g/mol. The highest BCUT2D eigenvalue weighted by Crippen LogP contribution is 2.44. The van der Waals surface area contributed by atoms with Crippen LogP contribution in [0.1, 0.15) is 53.4 Å². The number of nitrogens with one attached hydrogen (secondary N) is 1. The predicted molar refractivity (Wildman–Crippen MR) is 73.5 cm³/mol. The Labute approximate surface area is 111 Å². The van der Waals surface area contributed by atoms with Crippen LogP contribution in [-0.4, -0.2) is 41.9 Å². The van der Waals surface area contributed by atoms with E-state index in [1.807, 2.05) is 0 Å². The molecule has 0 radical (unpaired) electrons. The molecule has 3 nitrogen and oxygen atoms in total. The number of rotatable bonds is 1. The van der Waals surface area contributed by atoms with Gasteiger partial charge in [-0.05, 0) is 26.7 Å². The van der Waals surface area contributed by atoms with Gasteiger partial charge in [0.25, 0.3) is 0 Å². The first kappa shape index (κ1) is 12.9. The van der Waals surface area contributed by atoms with E-state index in [1.54, 1.807) is 0 Å². The van der Waals surface area contributed by atoms with Gasteiger partial charge in [0.1, 0.15) is 5.72 Å². The zero-order valence-corrected chi connectivity index (χ0v) is 12.4. The highest BCUT2D eigenvalue weighted by molar-refractivity contribution is 5.01. The van der Waals surface area contributed by atoms with Crippen LogP contribution in [0.5, 0.6) is 0 Å². The number of ether oxygens (including phenoxy) is 1. The number of hydrogen-bond acceptors (Lipinski definition) is 3. The van der Waals surface area contributed by atoms with Crippen molar-refractivity contribution >= 4 is 0 Å². The van der Waals surface area contributed by atoms with Gasteiger partial charge in [-0.15, -0.1) is 0 Å². The number of hydrogen-bond donors (Lipinski definition) is 1. The summed E-state index contributed by atoms with van der Waals surface area (Å²) in [5.74, 6) is 0. The third-order valence-electron chi connectivity index (χ3n) is 5.60. The first-order valence-electron chi connectivity index (χ1n) is 7.53. The maximum absolute atomic E-state index is 6.53. The van der Waals surface area contributed by atoms with E-state index < -0.39 is 0 Å². The quantitative estimate of drug-likeness (QED) is 0.775. The highest BCUT2D eigenvalue weighted by atomic mass is 16.5. The normalized spacial score (nSPS) is 34.7. The molecule has 0 atom stereocenters. The molecule has 3 heteroatoms. The Morgan fingerprint density at radius 2 is 1.67 bits per heavy atom. The second-order valence-corrected chi connectivity index (χ2v) is 7.61. The van der Waals surface area contributed by atoms with Gasteiger partial charge in [0.15, 0.2) is 0 Å². The molecule has 0 aromatic rings. The maximum Gasteiger partial charge on any atom is 0.122 e. The van der Waals surface area contributed by atoms with E-state index in [-0.39, 0.29) is 16.7 Å². The van der Waals surface area contributed by atoms with Gasteiger partial charge in [0.2, 0.25) is 0 Å². The molecule has 0 bridgehead atoms. The number of likely N-dealkylation sites (tertiary alicyclic amines) is 1. The lowest BCUT2D eigenvalue weighted by Crippen LogP contribution is -2.68. The zero-order valence-electron chi connectivity index (χ0n) is 12.4. The summed E-state index contributed by atoms with van der Waals surface area (Å²) in [4.78, 5) is 2.66. The topological polar surface area (TPSA) is 24.5 Å². The van der Waals surface area contributed by atoms with Crippen LogP contribution in [0.2, 0.25) is 0 Å². The molecule has 3 aliphatic rings. The number of piperidine rings is 1. The molecule has 2 aliphatic heterocycles. The molecule has 2 heterocycles. The minimum atomic E-state index is -0.0512. The first-order valence-corrected chi connectivity index (χ1v) is 7.53. The van der Waals surface area contributed by atoms with Gasteiger partial charge in [-0.25, -0.2) is 0 Å². The van der Waals surface area contributed by atoms with Crippen molar-refractivity contribution in [2.24, 2.45) is 5.41 Å². The summed E-state index contributed by atoms with van der Waals surface area (Å²) in [6.07, 6.45) is 5.12. The fourth-order valence-corrected chi connectivity index (χ4v) is 3.23. The van der Waals surface area contributed by atoms with Crippen molar-refractivity contribution in [3.8, 4) is 0 Å². The second kappa shape index (κ2) is 3.94. The highest BCUT2D eigenvalue weighted by Gasteiger charge is 2.51.